The molecule has 3 heteroatoms. The first kappa shape index (κ1) is 37.2. The molecule has 0 N–H and O–H groups in total. The van der Waals surface area contributed by atoms with Gasteiger partial charge in [0.15, 0.2) is 0 Å². The predicted molar refractivity (Wildman–Crippen MR) is 272 cm³/mol. The monoisotopic (exact) mass is 849 g/mol. The van der Waals surface area contributed by atoms with Gasteiger partial charge in [-0.25, -0.2) is 0 Å². The number of benzene rings is 10. The number of rotatable bonds is 5. The molecule has 10 aromatic carbocycles. The SMILES string of the molecule is c1ccc(-c2ccc(N(c3ccc(-c4cccc5c4sc4ccccc45)cc3)c3ccc4c(c3)C3(c5ccccc5S4)c4ccccc4-c4ccccc4-c4ccccc43)cc2)cc1. The Bertz CT molecular complexity index is 3520. The van der Waals surface area contributed by atoms with Gasteiger partial charge in [-0.1, -0.05) is 194 Å². The summed E-state index contributed by atoms with van der Waals surface area (Å²) in [7, 11) is 0. The van der Waals surface area contributed by atoms with Crippen LogP contribution in [0.25, 0.3) is 64.7 Å². The Balaban J connectivity index is 1.04. The Morgan fingerprint density at radius 2 is 0.812 bits per heavy atom. The maximum Gasteiger partial charge on any atom is 0.0736 e. The highest BCUT2D eigenvalue weighted by Crippen LogP contribution is 2.61. The van der Waals surface area contributed by atoms with Crippen molar-refractivity contribution in [2.45, 2.75) is 15.2 Å². The minimum Gasteiger partial charge on any atom is -0.310 e. The lowest BCUT2D eigenvalue weighted by Gasteiger charge is -2.43. The molecule has 0 unspecified atom stereocenters. The van der Waals surface area contributed by atoms with Crippen LogP contribution in [0.2, 0.25) is 0 Å². The van der Waals surface area contributed by atoms with Crippen molar-refractivity contribution < 1.29 is 0 Å². The summed E-state index contributed by atoms with van der Waals surface area (Å²) in [4.78, 5) is 5.00. The van der Waals surface area contributed by atoms with E-state index in [1.54, 1.807) is 0 Å². The van der Waals surface area contributed by atoms with Crippen LogP contribution in [0.1, 0.15) is 22.3 Å². The summed E-state index contributed by atoms with van der Waals surface area (Å²) in [5.41, 5.74) is 17.9. The standard InChI is InChI=1S/C61H39NS2/c1-2-15-40(16-3-1)41-29-33-43(34-30-41)62(44-35-31-42(32-36-44)46-22-14-23-52-51-21-8-12-27-57(51)64-60(46)52)45-37-38-59-56(39-45)61(55-26-11-13-28-58(55)63-59)53-24-9-6-19-49(53)47-17-4-5-18-48(47)50-20-7-10-25-54(50)61/h1-39H. The van der Waals surface area contributed by atoms with Crippen LogP contribution < -0.4 is 4.90 Å². The van der Waals surface area contributed by atoms with Crippen molar-refractivity contribution in [2.24, 2.45) is 0 Å². The van der Waals surface area contributed by atoms with Crippen molar-refractivity contribution in [1.29, 1.82) is 0 Å². The molecule has 0 amide bonds. The van der Waals surface area contributed by atoms with Crippen LogP contribution >= 0.6 is 23.1 Å². The quantitative estimate of drug-likeness (QED) is 0.170. The predicted octanol–water partition coefficient (Wildman–Crippen LogP) is 17.4. The molecule has 1 spiro atoms. The molecule has 0 atom stereocenters. The summed E-state index contributed by atoms with van der Waals surface area (Å²) in [6, 6.07) is 88.0. The zero-order valence-corrected chi connectivity index (χ0v) is 36.4. The van der Waals surface area contributed by atoms with Gasteiger partial charge in [0.2, 0.25) is 0 Å². The van der Waals surface area contributed by atoms with E-state index in [1.807, 2.05) is 23.1 Å². The number of hydrogen-bond acceptors (Lipinski definition) is 3. The zero-order chi connectivity index (χ0) is 42.2. The molecule has 0 bridgehead atoms. The molecule has 0 radical (unpaired) electrons. The maximum absolute atomic E-state index is 2.50. The van der Waals surface area contributed by atoms with E-state index in [0.29, 0.717) is 0 Å². The van der Waals surface area contributed by atoms with Gasteiger partial charge in [0.25, 0.3) is 0 Å². The van der Waals surface area contributed by atoms with Crippen LogP contribution in [0.5, 0.6) is 0 Å². The number of thiophene rings is 1. The minimum absolute atomic E-state index is 0.602. The van der Waals surface area contributed by atoms with Gasteiger partial charge in [-0.05, 0) is 121 Å². The van der Waals surface area contributed by atoms with Gasteiger partial charge in [0.1, 0.15) is 0 Å². The molecule has 64 heavy (non-hydrogen) atoms. The summed E-state index contributed by atoms with van der Waals surface area (Å²) in [6.45, 7) is 0. The third-order valence-electron chi connectivity index (χ3n) is 13.4. The molecule has 13 rings (SSSR count). The van der Waals surface area contributed by atoms with E-state index >= 15 is 0 Å². The summed E-state index contributed by atoms with van der Waals surface area (Å²) in [6.07, 6.45) is 0. The minimum atomic E-state index is -0.602. The second kappa shape index (κ2) is 14.8. The van der Waals surface area contributed by atoms with Gasteiger partial charge in [0.05, 0.1) is 5.41 Å². The van der Waals surface area contributed by atoms with Gasteiger partial charge in [-0.2, -0.15) is 0 Å². The van der Waals surface area contributed by atoms with Crippen LogP contribution in [0.3, 0.4) is 0 Å². The highest BCUT2D eigenvalue weighted by Gasteiger charge is 2.48. The van der Waals surface area contributed by atoms with E-state index < -0.39 is 5.41 Å². The molecular formula is C61H39NS2. The number of anilines is 3. The van der Waals surface area contributed by atoms with Crippen molar-refractivity contribution in [1.82, 2.24) is 0 Å². The second-order valence-corrected chi connectivity index (χ2v) is 18.9. The highest BCUT2D eigenvalue weighted by atomic mass is 32.2. The molecular weight excluding hydrogens is 811 g/mol. The average molecular weight is 850 g/mol. The molecule has 300 valence electrons. The molecule has 0 fully saturated rings. The van der Waals surface area contributed by atoms with Gasteiger partial charge in [-0.3, -0.25) is 0 Å². The average Bonchev–Trinajstić information content (AvgIpc) is 3.71. The summed E-state index contributed by atoms with van der Waals surface area (Å²) in [5.74, 6) is 0. The Labute approximate surface area is 381 Å². The number of hydrogen-bond donors (Lipinski definition) is 0. The lowest BCUT2D eigenvalue weighted by molar-refractivity contribution is 0.708. The third kappa shape index (κ3) is 5.64. The van der Waals surface area contributed by atoms with E-state index in [4.69, 9.17) is 0 Å². The van der Waals surface area contributed by atoms with Crippen LogP contribution in [0.15, 0.2) is 246 Å². The summed E-state index contributed by atoms with van der Waals surface area (Å²) in [5, 5.41) is 2.63. The summed E-state index contributed by atoms with van der Waals surface area (Å²) >= 11 is 3.77. The van der Waals surface area contributed by atoms with E-state index in [1.165, 1.54) is 96.7 Å². The fraction of sp³-hybridized carbons (Fsp3) is 0.0164. The maximum atomic E-state index is 2.50. The Hall–Kier alpha value is -7.43. The molecule has 0 saturated carbocycles. The first-order valence-electron chi connectivity index (χ1n) is 21.9. The third-order valence-corrected chi connectivity index (χ3v) is 15.8. The lowest BCUT2D eigenvalue weighted by atomic mass is 9.63. The molecule has 11 aromatic rings. The largest absolute Gasteiger partial charge is 0.310 e. The zero-order valence-electron chi connectivity index (χ0n) is 34.8. The topological polar surface area (TPSA) is 3.24 Å². The van der Waals surface area contributed by atoms with Gasteiger partial charge in [-0.15, -0.1) is 11.3 Å². The molecule has 1 nitrogen and oxygen atoms in total. The number of nitrogens with zero attached hydrogens (tertiary/aromatic N) is 1. The van der Waals surface area contributed by atoms with Gasteiger partial charge < -0.3 is 4.90 Å². The second-order valence-electron chi connectivity index (χ2n) is 16.7. The van der Waals surface area contributed by atoms with Crippen molar-refractivity contribution in [3.8, 4) is 44.5 Å². The van der Waals surface area contributed by atoms with Crippen molar-refractivity contribution in [3.63, 3.8) is 0 Å². The fourth-order valence-corrected chi connectivity index (χ4v) is 13.0. The molecule has 2 aliphatic rings. The van der Waals surface area contributed by atoms with Gasteiger partial charge in [0, 0.05) is 47.0 Å². The fourth-order valence-electron chi connectivity index (χ4n) is 10.6. The Morgan fingerprint density at radius 1 is 0.312 bits per heavy atom. The van der Waals surface area contributed by atoms with E-state index in [9.17, 15) is 0 Å². The Kier molecular flexibility index (Phi) is 8.62. The van der Waals surface area contributed by atoms with Gasteiger partial charge >= 0.3 is 0 Å². The lowest BCUT2D eigenvalue weighted by Crippen LogP contribution is -2.34. The molecule has 2 heterocycles. The first-order chi connectivity index (χ1) is 31.7. The van der Waals surface area contributed by atoms with E-state index in [-0.39, 0.29) is 0 Å². The molecule has 1 aromatic heterocycles. The number of fused-ring (bicyclic) bond motifs is 14. The van der Waals surface area contributed by atoms with Crippen molar-refractivity contribution in [2.75, 3.05) is 4.90 Å². The van der Waals surface area contributed by atoms with Crippen molar-refractivity contribution in [3.05, 3.63) is 259 Å². The molecule has 0 saturated heterocycles. The van der Waals surface area contributed by atoms with Crippen LogP contribution in [-0.4, -0.2) is 0 Å². The van der Waals surface area contributed by atoms with Crippen molar-refractivity contribution >= 4 is 60.3 Å². The molecule has 1 aliphatic heterocycles. The Morgan fingerprint density at radius 3 is 1.52 bits per heavy atom. The smallest absolute Gasteiger partial charge is 0.0736 e. The van der Waals surface area contributed by atoms with Crippen LogP contribution in [0, 0.1) is 0 Å². The summed E-state index contributed by atoms with van der Waals surface area (Å²) < 4.78 is 2.65. The normalized spacial score (nSPS) is 13.1. The van der Waals surface area contributed by atoms with Crippen LogP contribution in [0.4, 0.5) is 17.1 Å². The molecule has 1 aliphatic carbocycles. The van der Waals surface area contributed by atoms with E-state index in [0.717, 1.165) is 17.1 Å². The first-order valence-corrected chi connectivity index (χ1v) is 23.5. The highest BCUT2D eigenvalue weighted by molar-refractivity contribution is 7.99. The van der Waals surface area contributed by atoms with Crippen LogP contribution in [-0.2, 0) is 5.41 Å². The van der Waals surface area contributed by atoms with E-state index in [2.05, 4.69) is 241 Å².